The topological polar surface area (TPSA) is 35.5 Å². The van der Waals surface area contributed by atoms with Crippen LogP contribution in [0.4, 0.5) is 0 Å². The average molecular weight is 176 g/mol. The maximum absolute atomic E-state index is 10.6. The van der Waals surface area contributed by atoms with E-state index in [4.69, 9.17) is 9.16 Å². The van der Waals surface area contributed by atoms with Crippen molar-refractivity contribution in [2.75, 3.05) is 19.9 Å². The molecule has 4 heteroatoms. The number of methoxy groups -OCH3 is 1. The maximum Gasteiger partial charge on any atom is 0.212 e. The molecule has 0 heterocycles. The molecule has 0 aliphatic rings. The van der Waals surface area contributed by atoms with Crippen molar-refractivity contribution in [3.8, 4) is 0 Å². The molecule has 0 saturated carbocycles. The first kappa shape index (κ1) is 10.8. The van der Waals surface area contributed by atoms with Gasteiger partial charge in [0, 0.05) is 7.11 Å². The molecule has 0 saturated heterocycles. The summed E-state index contributed by atoms with van der Waals surface area (Å²) in [7, 11) is -0.0644. The number of carbonyl (C=O) groups excluding carboxylic acids is 1. The zero-order valence-electron chi connectivity index (χ0n) is 7.64. The molecule has 0 aliphatic heterocycles. The smallest absolute Gasteiger partial charge is 0.212 e. The van der Waals surface area contributed by atoms with Crippen molar-refractivity contribution in [2.45, 2.75) is 20.0 Å². The predicted octanol–water partition coefficient (Wildman–Crippen LogP) is 0.983. The van der Waals surface area contributed by atoms with E-state index in [1.54, 1.807) is 7.11 Å². The summed E-state index contributed by atoms with van der Waals surface area (Å²) in [5, 5.41) is 0. The van der Waals surface area contributed by atoms with Crippen LogP contribution in [0.25, 0.3) is 0 Å². The standard InChI is InChI=1S/C7H16O3Si/c1-7(8)5-10-11(3,4)6-9-2/h5-6H2,1-4H3. The SMILES string of the molecule is COC[Si](C)(C)OCC(C)=O. The third kappa shape index (κ3) is 6.21. The number of Topliss-reactive ketones (excluding diaryl/α,β-unsaturated/α-hetero) is 1. The van der Waals surface area contributed by atoms with Crippen molar-refractivity contribution in [1.82, 2.24) is 0 Å². The minimum absolute atomic E-state index is 0.0710. The average Bonchev–Trinajstić information content (AvgIpc) is 1.84. The van der Waals surface area contributed by atoms with Crippen LogP contribution in [0.15, 0.2) is 0 Å². The lowest BCUT2D eigenvalue weighted by atomic mass is 10.5. The molecule has 0 amide bonds. The van der Waals surface area contributed by atoms with E-state index in [0.717, 1.165) is 0 Å². The van der Waals surface area contributed by atoms with Gasteiger partial charge in [-0.05, 0) is 20.0 Å². The van der Waals surface area contributed by atoms with Crippen LogP contribution in [-0.4, -0.2) is 34.0 Å². The van der Waals surface area contributed by atoms with Crippen molar-refractivity contribution in [2.24, 2.45) is 0 Å². The summed E-state index contributed by atoms with van der Waals surface area (Å²) in [6.45, 7) is 5.80. The number of rotatable bonds is 5. The van der Waals surface area contributed by atoms with Crippen LogP contribution in [0.5, 0.6) is 0 Å². The molecule has 0 aromatic carbocycles. The van der Waals surface area contributed by atoms with Gasteiger partial charge >= 0.3 is 0 Å². The van der Waals surface area contributed by atoms with Crippen molar-refractivity contribution in [3.05, 3.63) is 0 Å². The normalized spacial score (nSPS) is 11.6. The molecule has 0 N–H and O–H groups in total. The van der Waals surface area contributed by atoms with Crippen LogP contribution in [0.3, 0.4) is 0 Å². The largest absolute Gasteiger partial charge is 0.408 e. The molecule has 0 aromatic heterocycles. The van der Waals surface area contributed by atoms with Crippen LogP contribution < -0.4 is 0 Å². The van der Waals surface area contributed by atoms with Gasteiger partial charge < -0.3 is 9.16 Å². The Kier molecular flexibility index (Phi) is 4.56. The number of ketones is 1. The highest BCUT2D eigenvalue weighted by atomic mass is 28.4. The van der Waals surface area contributed by atoms with Crippen molar-refractivity contribution < 1.29 is 14.0 Å². The number of carbonyl (C=O) groups is 1. The second-order valence-corrected chi connectivity index (χ2v) is 7.28. The maximum atomic E-state index is 10.6. The molecule has 0 bridgehead atoms. The Hall–Kier alpha value is -0.193. The third-order valence-electron chi connectivity index (χ3n) is 1.16. The Bertz CT molecular complexity index is 134. The summed E-state index contributed by atoms with van der Waals surface area (Å²) in [5.74, 6) is 0.0710. The first-order valence-corrected chi connectivity index (χ1v) is 6.72. The Morgan fingerprint density at radius 1 is 1.45 bits per heavy atom. The second kappa shape index (κ2) is 4.64. The second-order valence-electron chi connectivity index (χ2n) is 3.18. The molecular weight excluding hydrogens is 160 g/mol. The van der Waals surface area contributed by atoms with Crippen molar-refractivity contribution in [1.29, 1.82) is 0 Å². The highest BCUT2D eigenvalue weighted by molar-refractivity contribution is 6.71. The van der Waals surface area contributed by atoms with Gasteiger partial charge in [-0.3, -0.25) is 4.79 Å². The first-order chi connectivity index (χ1) is 4.98. The van der Waals surface area contributed by atoms with Gasteiger partial charge in [0.25, 0.3) is 0 Å². The monoisotopic (exact) mass is 176 g/mol. The van der Waals surface area contributed by atoms with E-state index in [1.807, 2.05) is 13.1 Å². The van der Waals surface area contributed by atoms with E-state index < -0.39 is 8.32 Å². The van der Waals surface area contributed by atoms with Gasteiger partial charge in [0.15, 0.2) is 5.78 Å². The lowest BCUT2D eigenvalue weighted by Crippen LogP contribution is -2.37. The lowest BCUT2D eigenvalue weighted by Gasteiger charge is -2.20. The summed E-state index contributed by atoms with van der Waals surface area (Å²) in [6, 6.07) is 0. The number of hydrogen-bond acceptors (Lipinski definition) is 3. The fourth-order valence-electron chi connectivity index (χ4n) is 0.686. The fraction of sp³-hybridized carbons (Fsp3) is 0.857. The van der Waals surface area contributed by atoms with Crippen molar-refractivity contribution >= 4 is 14.1 Å². The summed E-state index contributed by atoms with van der Waals surface area (Å²) in [6.07, 6.45) is 0.639. The summed E-state index contributed by atoms with van der Waals surface area (Å²) < 4.78 is 10.4. The molecule has 0 aliphatic carbocycles. The van der Waals surface area contributed by atoms with E-state index >= 15 is 0 Å². The Morgan fingerprint density at radius 3 is 2.36 bits per heavy atom. The Morgan fingerprint density at radius 2 is 2.00 bits per heavy atom. The molecule has 3 nitrogen and oxygen atoms in total. The Labute approximate surface area is 68.8 Å². The molecule has 0 aromatic rings. The highest BCUT2D eigenvalue weighted by Crippen LogP contribution is 2.03. The van der Waals surface area contributed by atoms with E-state index in [1.165, 1.54) is 6.92 Å². The van der Waals surface area contributed by atoms with E-state index in [0.29, 0.717) is 6.23 Å². The van der Waals surface area contributed by atoms with Crippen molar-refractivity contribution in [3.63, 3.8) is 0 Å². The van der Waals surface area contributed by atoms with E-state index in [2.05, 4.69) is 0 Å². The molecule has 0 unspecified atom stereocenters. The summed E-state index contributed by atoms with van der Waals surface area (Å²) in [5.41, 5.74) is 0. The first-order valence-electron chi connectivity index (χ1n) is 3.60. The third-order valence-corrected chi connectivity index (χ3v) is 3.07. The predicted molar refractivity (Wildman–Crippen MR) is 46.0 cm³/mol. The summed E-state index contributed by atoms with van der Waals surface area (Å²) >= 11 is 0. The molecular formula is C7H16O3Si. The number of hydrogen-bond donors (Lipinski definition) is 0. The minimum atomic E-state index is -1.71. The number of ether oxygens (including phenoxy) is 1. The highest BCUT2D eigenvalue weighted by Gasteiger charge is 2.22. The summed E-state index contributed by atoms with van der Waals surface area (Å²) in [4.78, 5) is 10.6. The van der Waals surface area contributed by atoms with Gasteiger partial charge in [-0.1, -0.05) is 0 Å². The lowest BCUT2D eigenvalue weighted by molar-refractivity contribution is -0.119. The molecule has 0 fully saturated rings. The quantitative estimate of drug-likeness (QED) is 0.586. The van der Waals surface area contributed by atoms with Gasteiger partial charge in [-0.25, -0.2) is 0 Å². The Balaban J connectivity index is 3.63. The van der Waals surface area contributed by atoms with Gasteiger partial charge in [0.1, 0.15) is 0 Å². The zero-order chi connectivity index (χ0) is 8.91. The van der Waals surface area contributed by atoms with Crippen LogP contribution in [-0.2, 0) is 14.0 Å². The van der Waals surface area contributed by atoms with Crippen LogP contribution in [0.2, 0.25) is 13.1 Å². The van der Waals surface area contributed by atoms with Crippen LogP contribution in [0.1, 0.15) is 6.92 Å². The van der Waals surface area contributed by atoms with Gasteiger partial charge in [0.05, 0.1) is 12.8 Å². The molecule has 0 rings (SSSR count). The molecule has 0 spiro atoms. The van der Waals surface area contributed by atoms with E-state index in [9.17, 15) is 4.79 Å². The molecule has 66 valence electrons. The van der Waals surface area contributed by atoms with Crippen LogP contribution >= 0.6 is 0 Å². The fourth-order valence-corrected chi connectivity index (χ4v) is 2.06. The molecule has 0 atom stereocenters. The minimum Gasteiger partial charge on any atom is -0.408 e. The zero-order valence-corrected chi connectivity index (χ0v) is 8.64. The van der Waals surface area contributed by atoms with Gasteiger partial charge in [0.2, 0.25) is 8.32 Å². The van der Waals surface area contributed by atoms with Gasteiger partial charge in [-0.15, -0.1) is 0 Å². The molecule has 11 heavy (non-hydrogen) atoms. The van der Waals surface area contributed by atoms with E-state index in [-0.39, 0.29) is 12.4 Å². The van der Waals surface area contributed by atoms with Crippen LogP contribution in [0, 0.1) is 0 Å². The molecule has 0 radical (unpaired) electrons. The van der Waals surface area contributed by atoms with Gasteiger partial charge in [-0.2, -0.15) is 0 Å².